The van der Waals surface area contributed by atoms with Gasteiger partial charge in [-0.05, 0) is 37.0 Å². The molecule has 0 spiro atoms. The van der Waals surface area contributed by atoms with E-state index in [9.17, 15) is 19.2 Å². The van der Waals surface area contributed by atoms with Crippen LogP contribution >= 0.6 is 23.2 Å². The van der Waals surface area contributed by atoms with E-state index in [-0.39, 0.29) is 48.6 Å². The van der Waals surface area contributed by atoms with Gasteiger partial charge in [-0.3, -0.25) is 23.5 Å². The van der Waals surface area contributed by atoms with Crippen LogP contribution in [0.3, 0.4) is 0 Å². The number of nitrogens with zero attached hydrogens (tertiary/aromatic N) is 4. The van der Waals surface area contributed by atoms with Gasteiger partial charge in [0.25, 0.3) is 5.56 Å². The Kier molecular flexibility index (Phi) is 7.93. The molecule has 0 radical (unpaired) electrons. The number of benzene rings is 1. The van der Waals surface area contributed by atoms with Gasteiger partial charge in [-0.1, -0.05) is 35.7 Å². The van der Waals surface area contributed by atoms with E-state index >= 15 is 0 Å². The first kappa shape index (κ1) is 26.7. The lowest BCUT2D eigenvalue weighted by molar-refractivity contribution is -0.146. The van der Waals surface area contributed by atoms with Crippen LogP contribution in [0.4, 0.5) is 5.95 Å². The van der Waals surface area contributed by atoms with E-state index in [2.05, 4.69) is 10.3 Å². The first-order valence-corrected chi connectivity index (χ1v) is 12.6. The van der Waals surface area contributed by atoms with E-state index in [1.807, 2.05) is 0 Å². The highest BCUT2D eigenvalue weighted by Gasteiger charge is 2.29. The van der Waals surface area contributed by atoms with Gasteiger partial charge in [0, 0.05) is 26.1 Å². The normalized spacial score (nSPS) is 17.6. The van der Waals surface area contributed by atoms with Crippen molar-refractivity contribution in [2.24, 2.45) is 18.7 Å². The van der Waals surface area contributed by atoms with Crippen molar-refractivity contribution in [2.45, 2.75) is 51.2 Å². The fraction of sp³-hybridized carbons (Fsp3) is 0.458. The summed E-state index contributed by atoms with van der Waals surface area (Å²) in [7, 11) is 2.89. The van der Waals surface area contributed by atoms with Crippen molar-refractivity contribution in [3.8, 4) is 0 Å². The number of halogens is 2. The quantitative estimate of drug-likeness (QED) is 0.409. The van der Waals surface area contributed by atoms with Crippen molar-refractivity contribution in [3.63, 3.8) is 0 Å². The van der Waals surface area contributed by atoms with E-state index in [0.29, 0.717) is 28.0 Å². The second kappa shape index (κ2) is 11.0. The monoisotopic (exact) mass is 550 g/mol. The van der Waals surface area contributed by atoms with Crippen LogP contribution in [0, 0.1) is 5.92 Å². The van der Waals surface area contributed by atoms with Gasteiger partial charge < -0.3 is 20.4 Å². The van der Waals surface area contributed by atoms with Gasteiger partial charge in [-0.15, -0.1) is 0 Å². The van der Waals surface area contributed by atoms with Gasteiger partial charge in [0.05, 0.1) is 29.6 Å². The molecule has 37 heavy (non-hydrogen) atoms. The Hall–Kier alpha value is -3.31. The number of ether oxygens (including phenoxy) is 1. The molecule has 198 valence electrons. The summed E-state index contributed by atoms with van der Waals surface area (Å²) in [4.78, 5) is 55.1. The Morgan fingerprint density at radius 3 is 2.62 bits per heavy atom. The lowest BCUT2D eigenvalue weighted by Crippen LogP contribution is -2.40. The van der Waals surface area contributed by atoms with Crippen molar-refractivity contribution in [1.29, 1.82) is 0 Å². The van der Waals surface area contributed by atoms with Gasteiger partial charge in [0.1, 0.15) is 0 Å². The highest BCUT2D eigenvalue weighted by molar-refractivity contribution is 6.42. The third kappa shape index (κ3) is 5.52. The molecule has 1 aromatic carbocycles. The summed E-state index contributed by atoms with van der Waals surface area (Å²) in [6.07, 6.45) is 2.83. The summed E-state index contributed by atoms with van der Waals surface area (Å²) < 4.78 is 8.86. The molecule has 0 aliphatic heterocycles. The molecule has 2 heterocycles. The van der Waals surface area contributed by atoms with Crippen molar-refractivity contribution in [1.82, 2.24) is 18.7 Å². The van der Waals surface area contributed by atoms with E-state index in [4.69, 9.17) is 33.7 Å². The summed E-state index contributed by atoms with van der Waals surface area (Å²) in [5.74, 6) is -0.725. The lowest BCUT2D eigenvalue weighted by Gasteiger charge is -2.28. The summed E-state index contributed by atoms with van der Waals surface area (Å²) in [5.41, 5.74) is 5.23. The molecule has 0 bridgehead atoms. The molecule has 1 aliphatic carbocycles. The molecule has 13 heteroatoms. The molecule has 3 aromatic rings. The SMILES string of the molecule is COC(=O)C1CCCC(Nc2nc3c(c(=O)n(Cc4ccc(Cl)c(Cl)c4)c(=O)n3C)n2CCC(N)=O)C1. The van der Waals surface area contributed by atoms with Crippen LogP contribution in [0.15, 0.2) is 27.8 Å². The number of fused-ring (bicyclic) bond motifs is 1. The predicted molar refractivity (Wildman–Crippen MR) is 140 cm³/mol. The number of aryl methyl sites for hydroxylation is 2. The molecule has 4 rings (SSSR count). The maximum Gasteiger partial charge on any atom is 0.332 e. The first-order chi connectivity index (χ1) is 17.6. The minimum Gasteiger partial charge on any atom is -0.469 e. The molecule has 1 amide bonds. The number of imidazole rings is 1. The molecule has 2 unspecified atom stereocenters. The van der Waals surface area contributed by atoms with Gasteiger partial charge in [0.2, 0.25) is 11.9 Å². The standard InChI is InChI=1S/C24H28Cl2N6O5/c1-30-20-19(21(34)32(24(30)36)12-13-6-7-16(25)17(26)10-13)31(9-8-18(27)33)23(29-20)28-15-5-3-4-14(11-15)22(35)37-2/h6-7,10,14-15H,3-5,8-9,11-12H2,1-2H3,(H2,27,33)(H,28,29). The number of carbonyl (C=O) groups excluding carboxylic acids is 2. The summed E-state index contributed by atoms with van der Waals surface area (Å²) >= 11 is 12.1. The van der Waals surface area contributed by atoms with Crippen LogP contribution < -0.4 is 22.3 Å². The van der Waals surface area contributed by atoms with E-state index < -0.39 is 17.2 Å². The molecule has 1 saturated carbocycles. The molecule has 2 atom stereocenters. The van der Waals surface area contributed by atoms with Crippen molar-refractivity contribution < 1.29 is 14.3 Å². The zero-order valence-corrected chi connectivity index (χ0v) is 22.0. The minimum atomic E-state index is -0.565. The molecule has 3 N–H and O–H groups in total. The second-order valence-corrected chi connectivity index (χ2v) is 10.00. The topological polar surface area (TPSA) is 143 Å². The number of primary amides is 1. The lowest BCUT2D eigenvalue weighted by atomic mass is 9.86. The Morgan fingerprint density at radius 1 is 1.19 bits per heavy atom. The molecule has 0 saturated heterocycles. The third-order valence-electron chi connectivity index (χ3n) is 6.68. The molecule has 11 nitrogen and oxygen atoms in total. The predicted octanol–water partition coefficient (Wildman–Crippen LogP) is 2.27. The number of nitrogens with two attached hydrogens (primary N) is 1. The molecular formula is C24H28Cl2N6O5. The smallest absolute Gasteiger partial charge is 0.332 e. The number of anilines is 1. The highest BCUT2D eigenvalue weighted by atomic mass is 35.5. The average Bonchev–Trinajstić information content (AvgIpc) is 3.23. The minimum absolute atomic E-state index is 0.0362. The summed E-state index contributed by atoms with van der Waals surface area (Å²) in [6.45, 7) is 0.0487. The maximum absolute atomic E-state index is 13.6. The highest BCUT2D eigenvalue weighted by Crippen LogP contribution is 2.28. The third-order valence-corrected chi connectivity index (χ3v) is 7.42. The largest absolute Gasteiger partial charge is 0.469 e. The Bertz CT molecular complexity index is 1480. The number of hydrogen-bond acceptors (Lipinski definition) is 7. The fourth-order valence-electron chi connectivity index (χ4n) is 4.77. The van der Waals surface area contributed by atoms with Gasteiger partial charge in [-0.2, -0.15) is 4.98 Å². The van der Waals surface area contributed by atoms with Crippen LogP contribution in [0.25, 0.3) is 11.2 Å². The number of hydrogen-bond donors (Lipinski definition) is 2. The molecule has 2 aromatic heterocycles. The number of nitrogens with one attached hydrogen (secondary N) is 1. The maximum atomic E-state index is 13.6. The van der Waals surface area contributed by atoms with Gasteiger partial charge in [0.15, 0.2) is 11.2 Å². The van der Waals surface area contributed by atoms with Gasteiger partial charge >= 0.3 is 11.7 Å². The molecular weight excluding hydrogens is 523 g/mol. The Balaban J connectivity index is 1.79. The van der Waals surface area contributed by atoms with Crippen molar-refractivity contribution in [2.75, 3.05) is 12.4 Å². The zero-order valence-electron chi connectivity index (χ0n) is 20.5. The van der Waals surface area contributed by atoms with E-state index in [1.54, 1.807) is 22.8 Å². The average molecular weight is 551 g/mol. The Labute approximate surface area is 222 Å². The summed E-state index contributed by atoms with van der Waals surface area (Å²) in [6, 6.07) is 4.76. The van der Waals surface area contributed by atoms with Crippen molar-refractivity contribution >= 4 is 52.2 Å². The Morgan fingerprint density at radius 2 is 1.95 bits per heavy atom. The molecule has 1 fully saturated rings. The van der Waals surface area contributed by atoms with Crippen LogP contribution in [0.1, 0.15) is 37.7 Å². The zero-order chi connectivity index (χ0) is 26.9. The fourth-order valence-corrected chi connectivity index (χ4v) is 5.09. The van der Waals surface area contributed by atoms with E-state index in [0.717, 1.165) is 23.8 Å². The first-order valence-electron chi connectivity index (χ1n) is 11.9. The van der Waals surface area contributed by atoms with Crippen LogP contribution in [-0.2, 0) is 34.5 Å². The van der Waals surface area contributed by atoms with Gasteiger partial charge in [-0.25, -0.2) is 4.79 Å². The number of amides is 1. The second-order valence-electron chi connectivity index (χ2n) is 9.18. The number of aromatic nitrogens is 4. The number of esters is 1. The van der Waals surface area contributed by atoms with E-state index in [1.165, 1.54) is 18.7 Å². The summed E-state index contributed by atoms with van der Waals surface area (Å²) in [5, 5.41) is 3.99. The van der Waals surface area contributed by atoms with Crippen LogP contribution in [-0.4, -0.2) is 43.7 Å². The number of carbonyl (C=O) groups is 2. The molecule has 1 aliphatic rings. The van der Waals surface area contributed by atoms with Crippen molar-refractivity contribution in [3.05, 3.63) is 54.6 Å². The number of methoxy groups -OCH3 is 1. The van der Waals surface area contributed by atoms with Crippen LogP contribution in [0.2, 0.25) is 10.0 Å². The number of rotatable bonds is 8. The van der Waals surface area contributed by atoms with Crippen LogP contribution in [0.5, 0.6) is 0 Å².